The Labute approximate surface area is 221 Å². The molecule has 8 heteroatoms. The second-order valence-corrected chi connectivity index (χ2v) is 10.7. The van der Waals surface area contributed by atoms with Crippen molar-refractivity contribution in [1.82, 2.24) is 14.7 Å². The number of piperidine rings is 1. The summed E-state index contributed by atoms with van der Waals surface area (Å²) in [4.78, 5) is 30.7. The predicted molar refractivity (Wildman–Crippen MR) is 149 cm³/mol. The van der Waals surface area contributed by atoms with Gasteiger partial charge < -0.3 is 31.3 Å². The van der Waals surface area contributed by atoms with Crippen molar-refractivity contribution in [1.29, 1.82) is 0 Å². The minimum Gasteiger partial charge on any atom is -0.398 e. The van der Waals surface area contributed by atoms with Gasteiger partial charge in [-0.05, 0) is 56.2 Å². The number of nitrogens with two attached hydrogens (primary N) is 2. The Balaban J connectivity index is 0.000000193. The van der Waals surface area contributed by atoms with Gasteiger partial charge in [-0.25, -0.2) is 0 Å². The second kappa shape index (κ2) is 12.0. The molecule has 5 rings (SSSR count). The van der Waals surface area contributed by atoms with Gasteiger partial charge in [0, 0.05) is 49.1 Å². The largest absolute Gasteiger partial charge is 0.398 e. The number of aliphatic hydroxyl groups excluding tert-OH is 1. The summed E-state index contributed by atoms with van der Waals surface area (Å²) in [5.41, 5.74) is 16.0. The number of benzene rings is 2. The molecule has 3 heterocycles. The number of aliphatic hydroxyl groups is 1. The zero-order chi connectivity index (χ0) is 27.3. The molecule has 202 valence electrons. The number of carbonyl (C=O) groups is 2. The van der Waals surface area contributed by atoms with Crippen molar-refractivity contribution in [3.05, 3.63) is 58.7 Å². The van der Waals surface area contributed by atoms with Gasteiger partial charge >= 0.3 is 0 Å². The zero-order valence-electron chi connectivity index (χ0n) is 23.0. The molecule has 8 nitrogen and oxygen atoms in total. The minimum atomic E-state index is -0.285. The first-order chi connectivity index (χ1) is 17.6. The highest BCUT2D eigenvalue weighted by molar-refractivity contribution is 6.03. The summed E-state index contributed by atoms with van der Waals surface area (Å²) in [6, 6.07) is 11.7. The number of likely N-dealkylation sites (tertiary alicyclic amines) is 1. The monoisotopic (exact) mass is 509 g/mol. The van der Waals surface area contributed by atoms with Crippen LogP contribution in [0.15, 0.2) is 36.4 Å². The fourth-order valence-corrected chi connectivity index (χ4v) is 5.16. The molecule has 2 aromatic rings. The molecule has 3 aliphatic heterocycles. The van der Waals surface area contributed by atoms with E-state index in [0.29, 0.717) is 36.1 Å². The number of carbonyl (C=O) groups excluding carboxylic acids is 2. The van der Waals surface area contributed by atoms with E-state index in [1.54, 1.807) is 11.0 Å². The average Bonchev–Trinajstić information content (AvgIpc) is 3.39. The number of fused-ring (bicyclic) bond motifs is 2. The highest BCUT2D eigenvalue weighted by Crippen LogP contribution is 2.32. The fourth-order valence-electron chi connectivity index (χ4n) is 5.16. The number of hydrogen-bond acceptors (Lipinski definition) is 6. The maximum atomic E-state index is 12.4. The summed E-state index contributed by atoms with van der Waals surface area (Å²) >= 11 is 0. The molecule has 0 bridgehead atoms. The van der Waals surface area contributed by atoms with Crippen molar-refractivity contribution in [3.63, 3.8) is 0 Å². The number of hydrogen-bond donors (Lipinski definition) is 3. The average molecular weight is 510 g/mol. The van der Waals surface area contributed by atoms with Gasteiger partial charge in [0.05, 0.1) is 11.1 Å². The van der Waals surface area contributed by atoms with Gasteiger partial charge in [-0.2, -0.15) is 0 Å². The molecule has 5 N–H and O–H groups in total. The van der Waals surface area contributed by atoms with E-state index in [-0.39, 0.29) is 23.8 Å². The molecule has 0 aromatic heterocycles. The third-order valence-electron chi connectivity index (χ3n) is 7.22. The minimum absolute atomic E-state index is 0.0281. The Hall–Kier alpha value is -3.10. The van der Waals surface area contributed by atoms with E-state index in [2.05, 4.69) is 11.9 Å². The zero-order valence-corrected chi connectivity index (χ0v) is 23.0. The van der Waals surface area contributed by atoms with E-state index in [0.717, 1.165) is 49.2 Å². The van der Waals surface area contributed by atoms with Crippen LogP contribution in [0, 0.1) is 5.41 Å². The van der Waals surface area contributed by atoms with Gasteiger partial charge in [0.1, 0.15) is 0 Å². The van der Waals surface area contributed by atoms with Crippen LogP contribution in [0.5, 0.6) is 0 Å². The van der Waals surface area contributed by atoms with Crippen molar-refractivity contribution < 1.29 is 14.7 Å². The standard InChI is InChI=1S/C14H19N3O.C13H18N2O2.C2H6/c1-16-7-5-11(6-8-16)17-9-10-3-2-4-12(15)13(10)14(17)18;1-13(2,8-16)7-15-6-9-4-3-5-10(14)11(9)12(15)17;1-2/h2-4,11H,5-9,15H2,1H3;3-5,16H,6-8,14H2,1-2H3;1-2H3. The van der Waals surface area contributed by atoms with Crippen LogP contribution < -0.4 is 11.5 Å². The Morgan fingerprint density at radius 2 is 1.41 bits per heavy atom. The van der Waals surface area contributed by atoms with E-state index >= 15 is 0 Å². The Morgan fingerprint density at radius 3 is 1.89 bits per heavy atom. The Kier molecular flexibility index (Phi) is 9.21. The lowest BCUT2D eigenvalue weighted by atomic mass is 9.94. The lowest BCUT2D eigenvalue weighted by Crippen LogP contribution is -2.43. The second-order valence-electron chi connectivity index (χ2n) is 10.7. The molecule has 37 heavy (non-hydrogen) atoms. The van der Waals surface area contributed by atoms with Gasteiger partial charge in [-0.1, -0.05) is 52.0 Å². The van der Waals surface area contributed by atoms with Crippen LogP contribution in [-0.2, 0) is 13.1 Å². The molecule has 2 amide bonds. The topological polar surface area (TPSA) is 116 Å². The number of amides is 2. The van der Waals surface area contributed by atoms with Crippen LogP contribution >= 0.6 is 0 Å². The molecular weight excluding hydrogens is 466 g/mol. The van der Waals surface area contributed by atoms with Gasteiger partial charge in [0.2, 0.25) is 0 Å². The highest BCUT2D eigenvalue weighted by atomic mass is 16.3. The predicted octanol–water partition coefficient (Wildman–Crippen LogP) is 3.59. The number of nitrogen functional groups attached to an aromatic ring is 2. The van der Waals surface area contributed by atoms with Gasteiger partial charge in [-0.3, -0.25) is 9.59 Å². The summed E-state index contributed by atoms with van der Waals surface area (Å²) in [6.45, 7) is 11.9. The maximum absolute atomic E-state index is 12.4. The van der Waals surface area contributed by atoms with Crippen molar-refractivity contribution in [2.45, 2.75) is 59.7 Å². The summed E-state index contributed by atoms with van der Waals surface area (Å²) in [6.07, 6.45) is 2.13. The molecule has 2 aromatic carbocycles. The molecule has 0 aliphatic carbocycles. The van der Waals surface area contributed by atoms with Crippen LogP contribution in [0.3, 0.4) is 0 Å². The van der Waals surface area contributed by atoms with E-state index in [9.17, 15) is 14.7 Å². The normalized spacial score (nSPS) is 17.6. The van der Waals surface area contributed by atoms with Crippen LogP contribution in [-0.4, -0.2) is 71.0 Å². The lowest BCUT2D eigenvalue weighted by Gasteiger charge is -2.34. The summed E-state index contributed by atoms with van der Waals surface area (Å²) in [5.74, 6) is 0.0947. The van der Waals surface area contributed by atoms with E-state index < -0.39 is 0 Å². The maximum Gasteiger partial charge on any atom is 0.256 e. The summed E-state index contributed by atoms with van der Waals surface area (Å²) in [5, 5.41) is 9.25. The molecular formula is C29H43N5O3. The van der Waals surface area contributed by atoms with Crippen LogP contribution in [0.4, 0.5) is 11.4 Å². The Morgan fingerprint density at radius 1 is 0.892 bits per heavy atom. The first-order valence-electron chi connectivity index (χ1n) is 13.3. The molecule has 1 saturated heterocycles. The molecule has 0 saturated carbocycles. The number of anilines is 2. The van der Waals surface area contributed by atoms with Crippen LogP contribution in [0.25, 0.3) is 0 Å². The van der Waals surface area contributed by atoms with Gasteiger partial charge in [0.25, 0.3) is 11.8 Å². The van der Waals surface area contributed by atoms with Crippen LogP contribution in [0.1, 0.15) is 72.4 Å². The summed E-state index contributed by atoms with van der Waals surface area (Å²) in [7, 11) is 2.13. The van der Waals surface area contributed by atoms with Gasteiger partial charge in [0.15, 0.2) is 0 Å². The van der Waals surface area contributed by atoms with E-state index in [1.807, 2.05) is 62.9 Å². The number of rotatable bonds is 4. The molecule has 0 unspecified atom stereocenters. The van der Waals surface area contributed by atoms with Crippen molar-refractivity contribution >= 4 is 23.2 Å². The molecule has 0 spiro atoms. The third kappa shape index (κ3) is 6.25. The third-order valence-corrected chi connectivity index (χ3v) is 7.22. The van der Waals surface area contributed by atoms with Gasteiger partial charge in [-0.15, -0.1) is 0 Å². The SMILES string of the molecule is CC.CC(C)(CO)CN1Cc2cccc(N)c2C1=O.CN1CCC(N2Cc3cccc(N)c3C2=O)CC1. The van der Waals surface area contributed by atoms with Crippen LogP contribution in [0.2, 0.25) is 0 Å². The van der Waals surface area contributed by atoms with E-state index in [4.69, 9.17) is 11.5 Å². The fraction of sp³-hybridized carbons (Fsp3) is 0.517. The quantitative estimate of drug-likeness (QED) is 0.543. The smallest absolute Gasteiger partial charge is 0.256 e. The van der Waals surface area contributed by atoms with Crippen molar-refractivity contribution in [2.24, 2.45) is 5.41 Å². The number of nitrogens with zero attached hydrogens (tertiary/aromatic N) is 3. The molecule has 3 aliphatic rings. The van der Waals surface area contributed by atoms with Crippen molar-refractivity contribution in [2.75, 3.05) is 44.8 Å². The van der Waals surface area contributed by atoms with E-state index in [1.165, 1.54) is 0 Å². The highest BCUT2D eigenvalue weighted by Gasteiger charge is 2.35. The molecule has 0 radical (unpaired) electrons. The summed E-state index contributed by atoms with van der Waals surface area (Å²) < 4.78 is 0. The first-order valence-corrected chi connectivity index (χ1v) is 13.3. The molecule has 1 fully saturated rings. The van der Waals surface area contributed by atoms with Crippen molar-refractivity contribution in [3.8, 4) is 0 Å². The Bertz CT molecular complexity index is 1110. The molecule has 0 atom stereocenters. The lowest BCUT2D eigenvalue weighted by molar-refractivity contribution is 0.0614. The first kappa shape index (κ1) is 28.5.